The third kappa shape index (κ3) is 5.04. The van der Waals surface area contributed by atoms with E-state index < -0.39 is 11.7 Å². The number of fused-ring (bicyclic) bond motifs is 1. The SMILES string of the molecule is O=C(CCc1cc(C2=Nc3ccc(C(F)(F)F)cc3C2)on1)c1ncnc(NCCO)c1Cl. The third-order valence-corrected chi connectivity index (χ3v) is 5.29. The highest BCUT2D eigenvalue weighted by Gasteiger charge is 2.32. The van der Waals surface area contributed by atoms with Crippen LogP contribution in [0.25, 0.3) is 0 Å². The maximum Gasteiger partial charge on any atom is 0.416 e. The number of nitrogens with one attached hydrogen (secondary N) is 1. The van der Waals surface area contributed by atoms with Crippen LogP contribution in [0.4, 0.5) is 24.7 Å². The monoisotopic (exact) mass is 479 g/mol. The second-order valence-electron chi connectivity index (χ2n) is 7.22. The number of carbonyl (C=O) groups is 1. The lowest BCUT2D eigenvalue weighted by Gasteiger charge is -2.08. The van der Waals surface area contributed by atoms with Crippen LogP contribution in [-0.4, -0.2) is 44.9 Å². The quantitative estimate of drug-likeness (QED) is 0.469. The Hall–Kier alpha value is -3.31. The summed E-state index contributed by atoms with van der Waals surface area (Å²) >= 11 is 6.18. The van der Waals surface area contributed by atoms with Gasteiger partial charge in [0.1, 0.15) is 22.9 Å². The molecule has 4 rings (SSSR count). The van der Waals surface area contributed by atoms with Crippen LogP contribution >= 0.6 is 11.6 Å². The van der Waals surface area contributed by atoms with Crippen LogP contribution in [0.2, 0.25) is 5.02 Å². The molecule has 0 atom stereocenters. The first kappa shape index (κ1) is 22.9. The molecular formula is C21H17ClF3N5O3. The van der Waals surface area contributed by atoms with E-state index in [4.69, 9.17) is 21.2 Å². The minimum Gasteiger partial charge on any atom is -0.395 e. The van der Waals surface area contributed by atoms with Gasteiger partial charge >= 0.3 is 6.18 Å². The predicted molar refractivity (Wildman–Crippen MR) is 113 cm³/mol. The highest BCUT2D eigenvalue weighted by Crippen LogP contribution is 2.36. The van der Waals surface area contributed by atoms with Crippen molar-refractivity contribution in [3.8, 4) is 0 Å². The summed E-state index contributed by atoms with van der Waals surface area (Å²) in [5.41, 5.74) is 1.18. The normalized spacial score (nSPS) is 13.1. The Labute approximate surface area is 190 Å². The lowest BCUT2D eigenvalue weighted by molar-refractivity contribution is -0.137. The van der Waals surface area contributed by atoms with E-state index in [1.807, 2.05) is 0 Å². The third-order valence-electron chi connectivity index (χ3n) is 4.93. The Kier molecular flexibility index (Phi) is 6.43. The number of halogens is 4. The van der Waals surface area contributed by atoms with Crippen LogP contribution < -0.4 is 5.32 Å². The highest BCUT2D eigenvalue weighted by atomic mass is 35.5. The number of anilines is 1. The molecule has 3 aromatic rings. The van der Waals surface area contributed by atoms with E-state index in [0.717, 1.165) is 12.1 Å². The molecule has 0 spiro atoms. The number of hydrogen-bond acceptors (Lipinski definition) is 8. The minimum atomic E-state index is -4.42. The largest absolute Gasteiger partial charge is 0.416 e. The summed E-state index contributed by atoms with van der Waals surface area (Å²) in [4.78, 5) is 24.8. The van der Waals surface area contributed by atoms with Crippen molar-refractivity contribution >= 4 is 34.6 Å². The molecule has 33 heavy (non-hydrogen) atoms. The van der Waals surface area contributed by atoms with Crippen LogP contribution in [0.15, 0.2) is 40.1 Å². The molecule has 2 aromatic heterocycles. The fourth-order valence-electron chi connectivity index (χ4n) is 3.31. The van der Waals surface area contributed by atoms with Gasteiger partial charge in [-0.25, -0.2) is 15.0 Å². The maximum absolute atomic E-state index is 12.9. The van der Waals surface area contributed by atoms with Crippen molar-refractivity contribution in [2.45, 2.75) is 25.4 Å². The summed E-state index contributed by atoms with van der Waals surface area (Å²) in [5, 5.41) is 15.7. The van der Waals surface area contributed by atoms with Gasteiger partial charge in [-0.05, 0) is 23.8 Å². The number of aliphatic hydroxyl groups excluding tert-OH is 1. The van der Waals surface area contributed by atoms with Crippen LogP contribution in [-0.2, 0) is 19.0 Å². The topological polar surface area (TPSA) is 114 Å². The molecule has 0 saturated heterocycles. The van der Waals surface area contributed by atoms with Crippen molar-refractivity contribution in [2.75, 3.05) is 18.5 Å². The highest BCUT2D eigenvalue weighted by molar-refractivity contribution is 6.35. The molecule has 1 aromatic carbocycles. The maximum atomic E-state index is 12.9. The van der Waals surface area contributed by atoms with Crippen LogP contribution in [0.5, 0.6) is 0 Å². The van der Waals surface area contributed by atoms with Gasteiger partial charge in [-0.3, -0.25) is 4.79 Å². The molecule has 3 heterocycles. The van der Waals surface area contributed by atoms with E-state index in [0.29, 0.717) is 28.4 Å². The standard InChI is InChI=1S/C21H17ClF3N5O3/c22-18-19(27-10-28-20(18)26-5-6-31)16(32)4-2-13-9-17(33-30-13)15-8-11-7-12(21(23,24)25)1-3-14(11)29-15/h1,3,7,9-10,31H,2,4-6,8H2,(H,26,27,28). The fourth-order valence-corrected chi connectivity index (χ4v) is 3.58. The number of rotatable bonds is 8. The average molecular weight is 480 g/mol. The van der Waals surface area contributed by atoms with Crippen LogP contribution in [0.3, 0.4) is 0 Å². The Morgan fingerprint density at radius 2 is 2.06 bits per heavy atom. The Morgan fingerprint density at radius 3 is 2.82 bits per heavy atom. The molecule has 0 saturated carbocycles. The van der Waals surface area contributed by atoms with E-state index in [-0.39, 0.29) is 54.7 Å². The van der Waals surface area contributed by atoms with Crippen molar-refractivity contribution in [2.24, 2.45) is 4.99 Å². The van der Waals surface area contributed by atoms with Gasteiger partial charge in [0.15, 0.2) is 11.5 Å². The van der Waals surface area contributed by atoms with Gasteiger partial charge in [-0.2, -0.15) is 13.2 Å². The number of carbonyl (C=O) groups excluding carboxylic acids is 1. The van der Waals surface area contributed by atoms with E-state index in [2.05, 4.69) is 25.4 Å². The van der Waals surface area contributed by atoms with Gasteiger partial charge in [0.25, 0.3) is 0 Å². The predicted octanol–water partition coefficient (Wildman–Crippen LogP) is 4.03. The van der Waals surface area contributed by atoms with Crippen molar-refractivity contribution in [3.63, 3.8) is 0 Å². The van der Waals surface area contributed by atoms with E-state index in [9.17, 15) is 18.0 Å². The second kappa shape index (κ2) is 9.28. The van der Waals surface area contributed by atoms with Gasteiger partial charge < -0.3 is 14.9 Å². The summed E-state index contributed by atoms with van der Waals surface area (Å²) in [6.45, 7) is 0.0926. The van der Waals surface area contributed by atoms with Crippen molar-refractivity contribution in [3.05, 3.63) is 63.9 Å². The van der Waals surface area contributed by atoms with Gasteiger partial charge in [0, 0.05) is 31.9 Å². The molecule has 172 valence electrons. The number of aliphatic hydroxyl groups is 1. The number of Topliss-reactive ketones (excluding diaryl/α,β-unsaturated/α-hetero) is 1. The number of aliphatic imine (C=N–C) groups is 1. The first-order valence-corrected chi connectivity index (χ1v) is 10.3. The first-order valence-electron chi connectivity index (χ1n) is 9.88. The molecular weight excluding hydrogens is 463 g/mol. The van der Waals surface area contributed by atoms with Crippen molar-refractivity contribution < 1.29 is 27.6 Å². The molecule has 2 N–H and O–H groups in total. The number of benzene rings is 1. The molecule has 0 amide bonds. The van der Waals surface area contributed by atoms with Gasteiger partial charge in [0.2, 0.25) is 0 Å². The summed E-state index contributed by atoms with van der Waals surface area (Å²) in [5.74, 6) is 0.252. The average Bonchev–Trinajstić information content (AvgIpc) is 3.42. The zero-order valence-corrected chi connectivity index (χ0v) is 17.7. The molecule has 1 aliphatic heterocycles. The molecule has 0 fully saturated rings. The van der Waals surface area contributed by atoms with Crippen LogP contribution in [0, 0.1) is 0 Å². The zero-order valence-electron chi connectivity index (χ0n) is 17.0. The van der Waals surface area contributed by atoms with E-state index in [1.165, 1.54) is 12.4 Å². The molecule has 1 aliphatic rings. The van der Waals surface area contributed by atoms with E-state index in [1.54, 1.807) is 6.07 Å². The summed E-state index contributed by atoms with van der Waals surface area (Å²) < 4.78 is 44.1. The number of alkyl halides is 3. The van der Waals surface area contributed by atoms with E-state index >= 15 is 0 Å². The smallest absolute Gasteiger partial charge is 0.395 e. The molecule has 0 radical (unpaired) electrons. The number of hydrogen-bond donors (Lipinski definition) is 2. The summed E-state index contributed by atoms with van der Waals surface area (Å²) in [6.07, 6.45) is -2.75. The molecule has 0 aliphatic carbocycles. The minimum absolute atomic E-state index is 0.0454. The summed E-state index contributed by atoms with van der Waals surface area (Å²) in [6, 6.07) is 5.01. The van der Waals surface area contributed by atoms with Crippen molar-refractivity contribution in [1.29, 1.82) is 0 Å². The number of aromatic nitrogens is 3. The van der Waals surface area contributed by atoms with Gasteiger partial charge in [-0.1, -0.05) is 16.8 Å². The number of nitrogens with zero attached hydrogens (tertiary/aromatic N) is 4. The molecule has 0 bridgehead atoms. The second-order valence-corrected chi connectivity index (χ2v) is 7.60. The lowest BCUT2D eigenvalue weighted by atomic mass is 10.0. The fraction of sp³-hybridized carbons (Fsp3) is 0.286. The zero-order chi connectivity index (χ0) is 23.6. The van der Waals surface area contributed by atoms with Gasteiger partial charge in [0.05, 0.1) is 29.3 Å². The Bertz CT molecular complexity index is 1230. The number of aryl methyl sites for hydroxylation is 1. The molecule has 12 heteroatoms. The van der Waals surface area contributed by atoms with Gasteiger partial charge in [-0.15, -0.1) is 0 Å². The molecule has 0 unspecified atom stereocenters. The molecule has 8 nitrogen and oxygen atoms in total. The summed E-state index contributed by atoms with van der Waals surface area (Å²) in [7, 11) is 0. The lowest BCUT2D eigenvalue weighted by Crippen LogP contribution is -2.11. The van der Waals surface area contributed by atoms with Crippen molar-refractivity contribution in [1.82, 2.24) is 15.1 Å². The number of ketones is 1. The van der Waals surface area contributed by atoms with Crippen LogP contribution in [0.1, 0.15) is 39.5 Å². The Morgan fingerprint density at radius 1 is 1.24 bits per heavy atom. The Balaban J connectivity index is 1.40. The first-order chi connectivity index (χ1) is 15.8.